The van der Waals surface area contributed by atoms with E-state index >= 15 is 0 Å². The highest BCUT2D eigenvalue weighted by molar-refractivity contribution is 9.10. The van der Waals surface area contributed by atoms with Gasteiger partial charge in [-0.3, -0.25) is 9.89 Å². The lowest BCUT2D eigenvalue weighted by atomic mass is 9.74. The molecule has 2 N–H and O–H groups in total. The van der Waals surface area contributed by atoms with Crippen LogP contribution in [-0.2, 0) is 10.2 Å². The number of ether oxygens (including phenoxy) is 1. The molecule has 3 heterocycles. The standard InChI is InChI=1S/C17H22BrN5O4/c1-16(2,3)27-15(26)22-6-4-17(5-7-22)8-9(24)11-10(17)12(25)23-14(19-11)20-13(18)21-23/h9,24H,4-8H2,1-3H3,(H,19,20,21). The summed E-state index contributed by atoms with van der Waals surface area (Å²) in [5, 5.41) is 13.4. The first-order valence-electron chi connectivity index (χ1n) is 8.94. The molecular formula is C17H22BrN5O4. The fourth-order valence-corrected chi connectivity index (χ4v) is 4.45. The van der Waals surface area contributed by atoms with Gasteiger partial charge in [0.1, 0.15) is 5.60 Å². The van der Waals surface area contributed by atoms with E-state index < -0.39 is 17.1 Å². The number of hydrogen-bond acceptors (Lipinski definition) is 6. The zero-order valence-electron chi connectivity index (χ0n) is 15.5. The van der Waals surface area contributed by atoms with E-state index in [0.29, 0.717) is 48.3 Å². The van der Waals surface area contributed by atoms with Gasteiger partial charge in [0.05, 0.1) is 17.4 Å². The van der Waals surface area contributed by atoms with Crippen molar-refractivity contribution in [3.8, 4) is 0 Å². The third-order valence-corrected chi connectivity index (χ3v) is 5.65. The van der Waals surface area contributed by atoms with Gasteiger partial charge in [0.25, 0.3) is 11.3 Å². The predicted molar refractivity (Wildman–Crippen MR) is 99.6 cm³/mol. The summed E-state index contributed by atoms with van der Waals surface area (Å²) in [7, 11) is 0. The number of carbonyl (C=O) groups is 1. The Morgan fingerprint density at radius 2 is 2.00 bits per heavy atom. The van der Waals surface area contributed by atoms with Crippen LogP contribution in [0.25, 0.3) is 5.78 Å². The highest BCUT2D eigenvalue weighted by Gasteiger charge is 2.49. The molecule has 1 saturated heterocycles. The zero-order valence-corrected chi connectivity index (χ0v) is 17.0. The van der Waals surface area contributed by atoms with Gasteiger partial charge in [-0.05, 0) is 56.0 Å². The van der Waals surface area contributed by atoms with Crippen LogP contribution in [0.5, 0.6) is 0 Å². The fraction of sp³-hybridized carbons (Fsp3) is 0.647. The van der Waals surface area contributed by atoms with Gasteiger partial charge in [-0.25, -0.2) is 9.78 Å². The molecule has 27 heavy (non-hydrogen) atoms. The van der Waals surface area contributed by atoms with Crippen LogP contribution in [-0.4, -0.2) is 54.4 Å². The number of fused-ring (bicyclic) bond motifs is 3. The van der Waals surface area contributed by atoms with Crippen LogP contribution in [0.15, 0.2) is 9.53 Å². The smallest absolute Gasteiger partial charge is 0.410 e. The summed E-state index contributed by atoms with van der Waals surface area (Å²) in [6.45, 7) is 6.44. The van der Waals surface area contributed by atoms with Gasteiger partial charge in [-0.2, -0.15) is 9.50 Å². The van der Waals surface area contributed by atoms with Gasteiger partial charge < -0.3 is 14.7 Å². The molecular weight excluding hydrogens is 418 g/mol. The third kappa shape index (κ3) is 3.04. The Bertz CT molecular complexity index is 968. The molecule has 0 radical (unpaired) electrons. The number of piperidine rings is 1. The van der Waals surface area contributed by atoms with Gasteiger partial charge in [-0.1, -0.05) is 0 Å². The lowest BCUT2D eigenvalue weighted by Crippen LogP contribution is -2.47. The van der Waals surface area contributed by atoms with E-state index in [0.717, 1.165) is 0 Å². The van der Waals surface area contributed by atoms with Crippen molar-refractivity contribution in [1.29, 1.82) is 0 Å². The number of aliphatic hydroxyl groups is 1. The number of rotatable bonds is 0. The molecule has 1 atom stereocenters. The lowest BCUT2D eigenvalue weighted by molar-refractivity contribution is 0.0146. The quantitative estimate of drug-likeness (QED) is 0.647. The fourth-order valence-electron chi connectivity index (χ4n) is 4.11. The zero-order chi connectivity index (χ0) is 19.6. The molecule has 146 valence electrons. The average Bonchev–Trinajstić information content (AvgIpc) is 3.05. The summed E-state index contributed by atoms with van der Waals surface area (Å²) in [4.78, 5) is 35.6. The van der Waals surface area contributed by atoms with E-state index in [2.05, 4.69) is 31.0 Å². The van der Waals surface area contributed by atoms with E-state index in [1.165, 1.54) is 4.52 Å². The molecule has 4 rings (SSSR count). The topological polar surface area (TPSA) is 113 Å². The van der Waals surface area contributed by atoms with E-state index in [-0.39, 0.29) is 17.4 Å². The predicted octanol–water partition coefficient (Wildman–Crippen LogP) is 1.89. The monoisotopic (exact) mass is 439 g/mol. The van der Waals surface area contributed by atoms with Crippen LogP contribution in [0.2, 0.25) is 0 Å². The second-order valence-corrected chi connectivity index (χ2v) is 9.05. The van der Waals surface area contributed by atoms with Crippen LogP contribution in [0.3, 0.4) is 0 Å². The van der Waals surface area contributed by atoms with Crippen LogP contribution < -0.4 is 5.56 Å². The Morgan fingerprint density at radius 3 is 2.63 bits per heavy atom. The van der Waals surface area contributed by atoms with Gasteiger partial charge >= 0.3 is 6.09 Å². The highest BCUT2D eigenvalue weighted by Crippen LogP contribution is 2.48. The van der Waals surface area contributed by atoms with Crippen molar-refractivity contribution in [2.45, 2.75) is 57.2 Å². The number of aliphatic hydroxyl groups excluding tert-OH is 1. The second kappa shape index (κ2) is 6.03. The summed E-state index contributed by atoms with van der Waals surface area (Å²) in [5.74, 6) is 0.230. The second-order valence-electron chi connectivity index (χ2n) is 8.29. The number of hydrogen-bond donors (Lipinski definition) is 2. The number of aromatic amines is 1. The molecule has 0 aromatic carbocycles. The van der Waals surface area contributed by atoms with E-state index in [1.54, 1.807) is 4.90 Å². The molecule has 0 saturated carbocycles. The first-order valence-corrected chi connectivity index (χ1v) is 9.74. The van der Waals surface area contributed by atoms with Crippen molar-refractivity contribution in [3.63, 3.8) is 0 Å². The molecule has 1 fully saturated rings. The largest absolute Gasteiger partial charge is 0.444 e. The summed E-state index contributed by atoms with van der Waals surface area (Å²) in [6.07, 6.45) is 0.435. The maximum Gasteiger partial charge on any atom is 0.410 e. The normalized spacial score (nSPS) is 21.7. The van der Waals surface area contributed by atoms with E-state index in [1.807, 2.05) is 20.8 Å². The number of nitrogens with one attached hydrogen (secondary N) is 1. The number of aromatic nitrogens is 4. The molecule has 2 aromatic heterocycles. The Kier molecular flexibility index (Phi) is 4.12. The Morgan fingerprint density at radius 1 is 1.33 bits per heavy atom. The maximum absolute atomic E-state index is 13.1. The first-order chi connectivity index (χ1) is 12.6. The van der Waals surface area contributed by atoms with Crippen molar-refractivity contribution in [2.75, 3.05) is 13.1 Å². The molecule has 1 amide bonds. The SMILES string of the molecule is CC(C)(C)OC(=O)N1CCC2(CC1)CC(O)c1nc3nc(Br)[nH]n3c(=O)c12. The molecule has 1 unspecified atom stereocenters. The van der Waals surface area contributed by atoms with Gasteiger partial charge in [0.15, 0.2) is 4.73 Å². The summed E-state index contributed by atoms with van der Waals surface area (Å²) in [6, 6.07) is 0. The van der Waals surface area contributed by atoms with Crippen LogP contribution in [0.4, 0.5) is 4.79 Å². The van der Waals surface area contributed by atoms with Gasteiger partial charge in [0, 0.05) is 18.5 Å². The molecule has 9 nitrogen and oxygen atoms in total. The van der Waals surface area contributed by atoms with Crippen molar-refractivity contribution >= 4 is 27.8 Å². The molecule has 2 aliphatic rings. The van der Waals surface area contributed by atoms with Crippen molar-refractivity contribution in [3.05, 3.63) is 26.3 Å². The first kappa shape index (κ1) is 18.4. The van der Waals surface area contributed by atoms with Crippen molar-refractivity contribution in [1.82, 2.24) is 24.5 Å². The molecule has 10 heteroatoms. The summed E-state index contributed by atoms with van der Waals surface area (Å²) >= 11 is 3.21. The van der Waals surface area contributed by atoms with Crippen molar-refractivity contribution < 1.29 is 14.6 Å². The van der Waals surface area contributed by atoms with E-state index in [9.17, 15) is 14.7 Å². The van der Waals surface area contributed by atoms with Gasteiger partial charge in [-0.15, -0.1) is 0 Å². The average molecular weight is 440 g/mol. The number of amides is 1. The van der Waals surface area contributed by atoms with Crippen LogP contribution in [0.1, 0.15) is 57.4 Å². The Hall–Kier alpha value is -1.94. The molecule has 1 aliphatic heterocycles. The number of carbonyl (C=O) groups excluding carboxylic acids is 1. The van der Waals surface area contributed by atoms with Gasteiger partial charge in [0.2, 0.25) is 0 Å². The number of nitrogens with zero attached hydrogens (tertiary/aromatic N) is 4. The minimum atomic E-state index is -0.804. The Labute approximate surface area is 163 Å². The molecule has 2 aromatic rings. The highest BCUT2D eigenvalue weighted by atomic mass is 79.9. The molecule has 1 spiro atoms. The summed E-state index contributed by atoms with van der Waals surface area (Å²) in [5.41, 5.74) is -0.339. The number of likely N-dealkylation sites (tertiary alicyclic amines) is 1. The Balaban J connectivity index is 1.65. The maximum atomic E-state index is 13.1. The summed E-state index contributed by atoms with van der Waals surface area (Å²) < 4.78 is 7.14. The molecule has 1 aliphatic carbocycles. The minimum Gasteiger partial charge on any atom is -0.444 e. The third-order valence-electron chi connectivity index (χ3n) is 5.30. The van der Waals surface area contributed by atoms with Crippen molar-refractivity contribution in [2.24, 2.45) is 0 Å². The lowest BCUT2D eigenvalue weighted by Gasteiger charge is -2.39. The van der Waals surface area contributed by atoms with Crippen LogP contribution >= 0.6 is 15.9 Å². The minimum absolute atomic E-state index is 0.230. The van der Waals surface area contributed by atoms with Crippen LogP contribution in [0, 0.1) is 0 Å². The van der Waals surface area contributed by atoms with E-state index in [4.69, 9.17) is 4.74 Å². The number of halogens is 1. The molecule has 0 bridgehead atoms. The number of H-pyrrole nitrogens is 1.